The number of fused-ring (bicyclic) bond motifs is 1. The van der Waals surface area contributed by atoms with Gasteiger partial charge in [0.05, 0.1) is 5.39 Å². The average Bonchev–Trinajstić information content (AvgIpc) is 3.18. The summed E-state index contributed by atoms with van der Waals surface area (Å²) in [6, 6.07) is 12.5. The van der Waals surface area contributed by atoms with Crippen LogP contribution in [0.3, 0.4) is 0 Å². The fourth-order valence-corrected chi connectivity index (χ4v) is 4.81. The monoisotopic (exact) mass is 402 g/mol. The molecule has 1 fully saturated rings. The number of rotatable bonds is 3. The zero-order valence-corrected chi connectivity index (χ0v) is 17.4. The molecule has 1 aromatic carbocycles. The first-order chi connectivity index (χ1) is 14.2. The fourth-order valence-electron chi connectivity index (χ4n) is 3.90. The molecular formula is C22H22N6S. The molecule has 0 saturated carbocycles. The number of nitrogens with zero attached hydrogens (tertiary/aromatic N) is 6. The molecule has 0 N–H and O–H groups in total. The van der Waals surface area contributed by atoms with E-state index in [2.05, 4.69) is 59.4 Å². The minimum absolute atomic E-state index is 0.829. The number of benzene rings is 1. The molecule has 1 aliphatic rings. The number of aromatic nitrogens is 4. The second kappa shape index (κ2) is 7.40. The maximum atomic E-state index is 4.69. The SMILES string of the molecule is Cc1cc(C)nc(N2CCN(c3ncnc4scc(-c5ccccc5)c34)CC2)n1. The molecule has 0 aliphatic carbocycles. The van der Waals surface area contributed by atoms with Crippen LogP contribution in [-0.4, -0.2) is 46.1 Å². The molecule has 1 aliphatic heterocycles. The third kappa shape index (κ3) is 3.42. The van der Waals surface area contributed by atoms with Gasteiger partial charge in [0.25, 0.3) is 0 Å². The van der Waals surface area contributed by atoms with E-state index in [1.807, 2.05) is 26.0 Å². The van der Waals surface area contributed by atoms with E-state index in [-0.39, 0.29) is 0 Å². The predicted molar refractivity (Wildman–Crippen MR) is 119 cm³/mol. The summed E-state index contributed by atoms with van der Waals surface area (Å²) in [6.45, 7) is 7.55. The van der Waals surface area contributed by atoms with Crippen molar-refractivity contribution in [2.45, 2.75) is 13.8 Å². The van der Waals surface area contributed by atoms with Crippen LogP contribution in [0, 0.1) is 13.8 Å². The molecule has 29 heavy (non-hydrogen) atoms. The van der Waals surface area contributed by atoms with Crippen LogP contribution < -0.4 is 9.80 Å². The van der Waals surface area contributed by atoms with Crippen LogP contribution >= 0.6 is 11.3 Å². The minimum atomic E-state index is 0.829. The van der Waals surface area contributed by atoms with Gasteiger partial charge in [-0.3, -0.25) is 0 Å². The number of aryl methyl sites for hydroxylation is 2. The molecule has 3 aromatic heterocycles. The number of hydrogen-bond acceptors (Lipinski definition) is 7. The van der Waals surface area contributed by atoms with Crippen LogP contribution in [0.5, 0.6) is 0 Å². The van der Waals surface area contributed by atoms with Crippen LogP contribution in [0.1, 0.15) is 11.4 Å². The number of thiophene rings is 1. The summed E-state index contributed by atoms with van der Waals surface area (Å²) in [5.41, 5.74) is 4.44. The molecule has 4 aromatic rings. The van der Waals surface area contributed by atoms with Crippen LogP contribution in [-0.2, 0) is 0 Å². The first-order valence-corrected chi connectivity index (χ1v) is 10.7. The molecule has 0 atom stereocenters. The third-order valence-electron chi connectivity index (χ3n) is 5.27. The van der Waals surface area contributed by atoms with Crippen molar-refractivity contribution in [1.82, 2.24) is 19.9 Å². The van der Waals surface area contributed by atoms with E-state index in [4.69, 9.17) is 0 Å². The Kier molecular flexibility index (Phi) is 4.60. The highest BCUT2D eigenvalue weighted by atomic mass is 32.1. The molecule has 7 heteroatoms. The predicted octanol–water partition coefficient (Wildman–Crippen LogP) is 4.09. The first kappa shape index (κ1) is 18.0. The summed E-state index contributed by atoms with van der Waals surface area (Å²) in [6.07, 6.45) is 1.68. The Balaban J connectivity index is 1.44. The second-order valence-corrected chi connectivity index (χ2v) is 8.18. The van der Waals surface area contributed by atoms with Crippen molar-refractivity contribution >= 4 is 33.3 Å². The molecule has 0 bridgehead atoms. The molecule has 146 valence electrons. The van der Waals surface area contributed by atoms with E-state index in [0.29, 0.717) is 0 Å². The standard InChI is InChI=1S/C22H22N6S/c1-15-12-16(2)26-22(25-15)28-10-8-27(9-11-28)20-19-18(17-6-4-3-5-7-17)13-29-21(19)24-14-23-20/h3-7,12-14H,8-11H2,1-2H3. The van der Waals surface area contributed by atoms with E-state index < -0.39 is 0 Å². The topological polar surface area (TPSA) is 58.0 Å². The first-order valence-electron chi connectivity index (χ1n) is 9.79. The highest BCUT2D eigenvalue weighted by Gasteiger charge is 2.23. The van der Waals surface area contributed by atoms with E-state index in [1.54, 1.807) is 17.7 Å². The average molecular weight is 403 g/mol. The van der Waals surface area contributed by atoms with Gasteiger partial charge in [-0.25, -0.2) is 19.9 Å². The fraction of sp³-hybridized carbons (Fsp3) is 0.273. The van der Waals surface area contributed by atoms with E-state index in [1.165, 1.54) is 11.1 Å². The largest absolute Gasteiger partial charge is 0.352 e. The third-order valence-corrected chi connectivity index (χ3v) is 6.15. The maximum absolute atomic E-state index is 4.69. The van der Waals surface area contributed by atoms with Crippen molar-refractivity contribution in [2.75, 3.05) is 36.0 Å². The lowest BCUT2D eigenvalue weighted by atomic mass is 10.1. The van der Waals surface area contributed by atoms with Gasteiger partial charge in [0.1, 0.15) is 17.0 Å². The Morgan fingerprint density at radius 3 is 2.28 bits per heavy atom. The molecule has 5 rings (SSSR count). The van der Waals surface area contributed by atoms with Crippen molar-refractivity contribution in [3.8, 4) is 11.1 Å². The van der Waals surface area contributed by atoms with Gasteiger partial charge in [0, 0.05) is 48.5 Å². The van der Waals surface area contributed by atoms with Gasteiger partial charge in [0.2, 0.25) is 5.95 Å². The van der Waals surface area contributed by atoms with Crippen molar-refractivity contribution in [2.24, 2.45) is 0 Å². The quantitative estimate of drug-likeness (QED) is 0.514. The van der Waals surface area contributed by atoms with Crippen LogP contribution in [0.4, 0.5) is 11.8 Å². The highest BCUT2D eigenvalue weighted by Crippen LogP contribution is 2.38. The molecule has 0 spiro atoms. The maximum Gasteiger partial charge on any atom is 0.225 e. The van der Waals surface area contributed by atoms with Crippen molar-refractivity contribution < 1.29 is 0 Å². The summed E-state index contributed by atoms with van der Waals surface area (Å²) in [7, 11) is 0. The van der Waals surface area contributed by atoms with E-state index in [9.17, 15) is 0 Å². The second-order valence-electron chi connectivity index (χ2n) is 7.32. The number of hydrogen-bond donors (Lipinski definition) is 0. The Morgan fingerprint density at radius 1 is 0.862 bits per heavy atom. The Hall–Kier alpha value is -3.06. The number of anilines is 2. The Labute approximate surface area is 173 Å². The molecule has 1 saturated heterocycles. The van der Waals surface area contributed by atoms with Gasteiger partial charge in [-0.1, -0.05) is 30.3 Å². The lowest BCUT2D eigenvalue weighted by molar-refractivity contribution is 0.634. The van der Waals surface area contributed by atoms with Crippen LogP contribution in [0.2, 0.25) is 0 Å². The highest BCUT2D eigenvalue weighted by molar-refractivity contribution is 7.17. The van der Waals surface area contributed by atoms with E-state index >= 15 is 0 Å². The van der Waals surface area contributed by atoms with Crippen molar-refractivity contribution in [1.29, 1.82) is 0 Å². The molecule has 0 radical (unpaired) electrons. The Bertz CT molecular complexity index is 1130. The molecule has 0 unspecified atom stereocenters. The lowest BCUT2D eigenvalue weighted by Gasteiger charge is -2.35. The lowest BCUT2D eigenvalue weighted by Crippen LogP contribution is -2.47. The van der Waals surface area contributed by atoms with Crippen LogP contribution in [0.25, 0.3) is 21.3 Å². The summed E-state index contributed by atoms with van der Waals surface area (Å²) >= 11 is 1.68. The molecule has 0 amide bonds. The molecular weight excluding hydrogens is 380 g/mol. The van der Waals surface area contributed by atoms with Gasteiger partial charge in [-0.15, -0.1) is 11.3 Å². The van der Waals surface area contributed by atoms with Crippen LogP contribution in [0.15, 0.2) is 48.1 Å². The van der Waals surface area contributed by atoms with E-state index in [0.717, 1.165) is 59.5 Å². The summed E-state index contributed by atoms with van der Waals surface area (Å²) in [5.74, 6) is 1.85. The molecule has 6 nitrogen and oxygen atoms in total. The van der Waals surface area contributed by atoms with Gasteiger partial charge < -0.3 is 9.80 Å². The minimum Gasteiger partial charge on any atom is -0.352 e. The summed E-state index contributed by atoms with van der Waals surface area (Å²) in [5, 5.41) is 3.34. The van der Waals surface area contributed by atoms with Gasteiger partial charge in [0.15, 0.2) is 0 Å². The normalized spacial score (nSPS) is 14.6. The summed E-state index contributed by atoms with van der Waals surface area (Å²) in [4.78, 5) is 24.1. The van der Waals surface area contributed by atoms with Crippen molar-refractivity contribution in [3.05, 3.63) is 59.5 Å². The summed E-state index contributed by atoms with van der Waals surface area (Å²) < 4.78 is 0. The zero-order valence-electron chi connectivity index (χ0n) is 16.5. The number of piperazine rings is 1. The van der Waals surface area contributed by atoms with Crippen molar-refractivity contribution in [3.63, 3.8) is 0 Å². The van der Waals surface area contributed by atoms with Gasteiger partial charge in [-0.2, -0.15) is 0 Å². The molecule has 4 heterocycles. The smallest absolute Gasteiger partial charge is 0.225 e. The Morgan fingerprint density at radius 2 is 1.55 bits per heavy atom. The van der Waals surface area contributed by atoms with Gasteiger partial charge >= 0.3 is 0 Å². The van der Waals surface area contributed by atoms with Gasteiger partial charge in [-0.05, 0) is 25.5 Å². The zero-order chi connectivity index (χ0) is 19.8.